The summed E-state index contributed by atoms with van der Waals surface area (Å²) >= 11 is 5.88. The van der Waals surface area contributed by atoms with Gasteiger partial charge in [0.15, 0.2) is 5.78 Å². The molecule has 0 radical (unpaired) electrons. The Labute approximate surface area is 168 Å². The smallest absolute Gasteiger partial charge is 0.251 e. The van der Waals surface area contributed by atoms with Gasteiger partial charge in [-0.3, -0.25) is 9.59 Å². The summed E-state index contributed by atoms with van der Waals surface area (Å²) in [6.45, 7) is 2.31. The zero-order valence-corrected chi connectivity index (χ0v) is 16.3. The number of carbonyl (C=O) groups excluding carboxylic acids is 2. The molecule has 5 nitrogen and oxygen atoms in total. The number of hydrogen-bond acceptors (Lipinski definition) is 3. The molecule has 1 N–H and O–H groups in total. The molecule has 0 atom stereocenters. The Morgan fingerprint density at radius 1 is 1.11 bits per heavy atom. The van der Waals surface area contributed by atoms with Crippen LogP contribution in [-0.2, 0) is 13.0 Å². The summed E-state index contributed by atoms with van der Waals surface area (Å²) in [5, 5.41) is 8.13. The third-order valence-corrected chi connectivity index (χ3v) is 5.24. The van der Waals surface area contributed by atoms with Crippen LogP contribution in [0, 0.1) is 6.92 Å². The molecule has 2 aromatic carbocycles. The summed E-state index contributed by atoms with van der Waals surface area (Å²) in [6, 6.07) is 14.7. The SMILES string of the molecule is Cc1nn(-c2ccc(C(=O)NCc3ccc(Cl)cc3)cc2)c2c1C(=O)CCC2. The molecular weight excluding hydrogens is 374 g/mol. The quantitative estimate of drug-likeness (QED) is 0.719. The number of hydrogen-bond donors (Lipinski definition) is 1. The average Bonchev–Trinajstić information content (AvgIpc) is 3.05. The Balaban J connectivity index is 1.50. The molecule has 1 aliphatic rings. The first-order chi connectivity index (χ1) is 13.5. The fraction of sp³-hybridized carbons (Fsp3) is 0.227. The van der Waals surface area contributed by atoms with Gasteiger partial charge in [-0.15, -0.1) is 0 Å². The Morgan fingerprint density at radius 2 is 1.82 bits per heavy atom. The fourth-order valence-electron chi connectivity index (χ4n) is 3.56. The van der Waals surface area contributed by atoms with Crippen LogP contribution in [0.2, 0.25) is 5.02 Å². The highest BCUT2D eigenvalue weighted by Gasteiger charge is 2.25. The van der Waals surface area contributed by atoms with Crippen molar-refractivity contribution < 1.29 is 9.59 Å². The summed E-state index contributed by atoms with van der Waals surface area (Å²) in [6.07, 6.45) is 2.28. The number of fused-ring (bicyclic) bond motifs is 1. The molecule has 0 unspecified atom stereocenters. The third kappa shape index (κ3) is 3.58. The largest absolute Gasteiger partial charge is 0.348 e. The first-order valence-electron chi connectivity index (χ1n) is 9.27. The van der Waals surface area contributed by atoms with Crippen molar-refractivity contribution >= 4 is 23.3 Å². The number of nitrogens with zero attached hydrogens (tertiary/aromatic N) is 2. The number of benzene rings is 2. The number of carbonyl (C=O) groups is 2. The number of rotatable bonds is 4. The lowest BCUT2D eigenvalue weighted by atomic mass is 9.94. The molecule has 0 bridgehead atoms. The summed E-state index contributed by atoms with van der Waals surface area (Å²) in [4.78, 5) is 24.6. The predicted molar refractivity (Wildman–Crippen MR) is 108 cm³/mol. The molecular formula is C22H20ClN3O2. The fourth-order valence-corrected chi connectivity index (χ4v) is 3.69. The maximum Gasteiger partial charge on any atom is 0.251 e. The summed E-state index contributed by atoms with van der Waals surface area (Å²) in [5.74, 6) is 0.0264. The van der Waals surface area contributed by atoms with Crippen LogP contribution in [0.1, 0.15) is 50.5 Å². The number of aryl methyl sites for hydroxylation is 1. The van der Waals surface area contributed by atoms with Crippen molar-refractivity contribution in [2.75, 3.05) is 0 Å². The third-order valence-electron chi connectivity index (χ3n) is 4.99. The second kappa shape index (κ2) is 7.60. The van der Waals surface area contributed by atoms with Crippen LogP contribution in [0.3, 0.4) is 0 Å². The van der Waals surface area contributed by atoms with Gasteiger partial charge in [0.1, 0.15) is 0 Å². The van der Waals surface area contributed by atoms with Gasteiger partial charge >= 0.3 is 0 Å². The molecule has 3 aromatic rings. The maximum atomic E-state index is 12.4. The van der Waals surface area contributed by atoms with Crippen molar-refractivity contribution in [1.29, 1.82) is 0 Å². The van der Waals surface area contributed by atoms with E-state index in [4.69, 9.17) is 11.6 Å². The van der Waals surface area contributed by atoms with E-state index in [9.17, 15) is 9.59 Å². The van der Waals surface area contributed by atoms with Crippen LogP contribution in [-0.4, -0.2) is 21.5 Å². The minimum atomic E-state index is -0.143. The van der Waals surface area contributed by atoms with E-state index in [0.29, 0.717) is 23.6 Å². The molecule has 0 fully saturated rings. The lowest BCUT2D eigenvalue weighted by molar-refractivity contribution is 0.0948. The Kier molecular flexibility index (Phi) is 5.01. The van der Waals surface area contributed by atoms with Gasteiger partial charge in [-0.1, -0.05) is 23.7 Å². The highest BCUT2D eigenvalue weighted by Crippen LogP contribution is 2.26. The Bertz CT molecular complexity index is 1040. The van der Waals surface area contributed by atoms with Crippen LogP contribution < -0.4 is 5.32 Å². The average molecular weight is 394 g/mol. The van der Waals surface area contributed by atoms with E-state index < -0.39 is 0 Å². The number of ketones is 1. The number of halogens is 1. The van der Waals surface area contributed by atoms with Gasteiger partial charge in [0.05, 0.1) is 22.6 Å². The molecule has 4 rings (SSSR count). The number of nitrogens with one attached hydrogen (secondary N) is 1. The van der Waals surface area contributed by atoms with Crippen molar-refractivity contribution in [3.63, 3.8) is 0 Å². The Hall–Kier alpha value is -2.92. The van der Waals surface area contributed by atoms with Gasteiger partial charge in [0, 0.05) is 23.6 Å². The lowest BCUT2D eigenvalue weighted by Crippen LogP contribution is -2.22. The molecule has 28 heavy (non-hydrogen) atoms. The highest BCUT2D eigenvalue weighted by atomic mass is 35.5. The molecule has 1 amide bonds. The summed E-state index contributed by atoms with van der Waals surface area (Å²) < 4.78 is 1.83. The first kappa shape index (κ1) is 18.4. The number of amides is 1. The van der Waals surface area contributed by atoms with Crippen LogP contribution in [0.25, 0.3) is 5.69 Å². The molecule has 0 spiro atoms. The van der Waals surface area contributed by atoms with Crippen LogP contribution in [0.4, 0.5) is 0 Å². The molecule has 1 aromatic heterocycles. The standard InChI is InChI=1S/C22H20ClN3O2/c1-14-21-19(3-2-4-20(21)27)26(25-14)18-11-7-16(8-12-18)22(28)24-13-15-5-9-17(23)10-6-15/h5-12H,2-4,13H2,1H3,(H,24,28). The number of aromatic nitrogens is 2. The molecule has 6 heteroatoms. The second-order valence-corrected chi connectivity index (χ2v) is 7.39. The van der Waals surface area contributed by atoms with Crippen molar-refractivity contribution in [3.05, 3.63) is 81.6 Å². The van der Waals surface area contributed by atoms with Crippen molar-refractivity contribution in [2.24, 2.45) is 0 Å². The van der Waals surface area contributed by atoms with Crippen LogP contribution in [0.15, 0.2) is 48.5 Å². The molecule has 1 aliphatic carbocycles. The zero-order valence-electron chi connectivity index (χ0n) is 15.5. The summed E-state index contributed by atoms with van der Waals surface area (Å²) in [7, 11) is 0. The van der Waals surface area contributed by atoms with Crippen molar-refractivity contribution in [2.45, 2.75) is 32.7 Å². The van der Waals surface area contributed by atoms with Crippen molar-refractivity contribution in [3.8, 4) is 5.69 Å². The Morgan fingerprint density at radius 3 is 2.54 bits per heavy atom. The van der Waals surface area contributed by atoms with Gasteiger partial charge in [-0.25, -0.2) is 4.68 Å². The van der Waals surface area contributed by atoms with Crippen LogP contribution >= 0.6 is 11.6 Å². The van der Waals surface area contributed by atoms with Gasteiger partial charge in [-0.05, 0) is 61.7 Å². The maximum absolute atomic E-state index is 12.4. The first-order valence-corrected chi connectivity index (χ1v) is 9.65. The zero-order chi connectivity index (χ0) is 19.7. The van der Waals surface area contributed by atoms with E-state index in [-0.39, 0.29) is 11.7 Å². The van der Waals surface area contributed by atoms with Gasteiger partial charge in [0.2, 0.25) is 0 Å². The minimum absolute atomic E-state index is 0.143. The van der Waals surface area contributed by atoms with Crippen LogP contribution in [0.5, 0.6) is 0 Å². The molecule has 142 valence electrons. The second-order valence-electron chi connectivity index (χ2n) is 6.95. The van der Waals surface area contributed by atoms with E-state index in [1.54, 1.807) is 24.3 Å². The monoisotopic (exact) mass is 393 g/mol. The minimum Gasteiger partial charge on any atom is -0.348 e. The van der Waals surface area contributed by atoms with E-state index in [2.05, 4.69) is 10.4 Å². The van der Waals surface area contributed by atoms with E-state index in [1.165, 1.54) is 0 Å². The molecule has 1 heterocycles. The van der Waals surface area contributed by atoms with E-state index in [1.807, 2.05) is 35.9 Å². The summed E-state index contributed by atoms with van der Waals surface area (Å²) in [5.41, 5.74) is 4.91. The molecule has 0 saturated heterocycles. The molecule has 0 saturated carbocycles. The normalized spacial score (nSPS) is 13.3. The van der Waals surface area contributed by atoms with Gasteiger partial charge < -0.3 is 5.32 Å². The van der Waals surface area contributed by atoms with Crippen molar-refractivity contribution in [1.82, 2.24) is 15.1 Å². The number of Topliss-reactive ketones (excluding diaryl/α,β-unsaturated/α-hetero) is 1. The predicted octanol–water partition coefficient (Wildman–Crippen LogP) is 4.28. The van der Waals surface area contributed by atoms with E-state index >= 15 is 0 Å². The highest BCUT2D eigenvalue weighted by molar-refractivity contribution is 6.30. The van der Waals surface area contributed by atoms with Gasteiger partial charge in [-0.2, -0.15) is 5.10 Å². The molecule has 0 aliphatic heterocycles. The van der Waals surface area contributed by atoms with E-state index in [0.717, 1.165) is 41.0 Å². The van der Waals surface area contributed by atoms with Gasteiger partial charge in [0.25, 0.3) is 5.91 Å². The lowest BCUT2D eigenvalue weighted by Gasteiger charge is -2.13. The topological polar surface area (TPSA) is 64.0 Å².